The second-order valence-electron chi connectivity index (χ2n) is 3.49. The molecule has 3 N–H and O–H groups in total. The van der Waals surface area contributed by atoms with Crippen molar-refractivity contribution < 1.29 is 8.78 Å². The quantitative estimate of drug-likeness (QED) is 0.517. The number of nitrogens with two attached hydrogens (primary N) is 1. The van der Waals surface area contributed by atoms with Gasteiger partial charge in [0, 0.05) is 12.4 Å². The highest BCUT2D eigenvalue weighted by molar-refractivity contribution is 9.10. The van der Waals surface area contributed by atoms with Crippen LogP contribution in [0.4, 0.5) is 8.78 Å². The molecule has 1 unspecified atom stereocenters. The lowest BCUT2D eigenvalue weighted by atomic mass is 10.0. The van der Waals surface area contributed by atoms with Gasteiger partial charge in [0.25, 0.3) is 0 Å². The molecule has 0 bridgehead atoms. The predicted octanol–water partition coefficient (Wildman–Crippen LogP) is 2.07. The van der Waals surface area contributed by atoms with Crippen molar-refractivity contribution in [3.63, 3.8) is 0 Å². The number of benzene rings is 1. The number of halogens is 3. The van der Waals surface area contributed by atoms with Gasteiger partial charge in [0.2, 0.25) is 0 Å². The molecular weight excluding hydrogens is 306 g/mol. The lowest BCUT2D eigenvalue weighted by molar-refractivity contribution is 0.498. The third kappa shape index (κ3) is 2.38. The van der Waals surface area contributed by atoms with Gasteiger partial charge in [-0.05, 0) is 27.6 Å². The Balaban J connectivity index is 2.50. The van der Waals surface area contributed by atoms with E-state index >= 15 is 0 Å². The maximum atomic E-state index is 13.5. The van der Waals surface area contributed by atoms with Crippen molar-refractivity contribution in [2.75, 3.05) is 0 Å². The van der Waals surface area contributed by atoms with E-state index in [9.17, 15) is 8.78 Å². The Bertz CT molecular complexity index is 550. The predicted molar refractivity (Wildman–Crippen MR) is 65.3 cm³/mol. The van der Waals surface area contributed by atoms with Crippen LogP contribution in [0.15, 0.2) is 35.2 Å². The molecule has 1 heterocycles. The van der Waals surface area contributed by atoms with E-state index in [1.54, 1.807) is 0 Å². The van der Waals surface area contributed by atoms with Gasteiger partial charge in [-0.2, -0.15) is 0 Å². The minimum absolute atomic E-state index is 0.0103. The second-order valence-corrected chi connectivity index (χ2v) is 4.29. The van der Waals surface area contributed by atoms with Crippen molar-refractivity contribution in [3.8, 4) is 0 Å². The maximum Gasteiger partial charge on any atom is 0.173 e. The van der Waals surface area contributed by atoms with Crippen LogP contribution in [0.2, 0.25) is 0 Å². The zero-order valence-electron chi connectivity index (χ0n) is 9.07. The molecule has 2 rings (SSSR count). The van der Waals surface area contributed by atoms with Crippen molar-refractivity contribution in [1.82, 2.24) is 15.4 Å². The van der Waals surface area contributed by atoms with E-state index in [1.807, 2.05) is 0 Å². The van der Waals surface area contributed by atoms with Crippen molar-refractivity contribution in [2.45, 2.75) is 6.04 Å². The van der Waals surface area contributed by atoms with Crippen LogP contribution < -0.4 is 11.3 Å². The first-order valence-corrected chi connectivity index (χ1v) is 5.80. The number of nitrogens with zero attached hydrogens (tertiary/aromatic N) is 2. The Labute approximate surface area is 110 Å². The van der Waals surface area contributed by atoms with E-state index in [2.05, 4.69) is 31.3 Å². The van der Waals surface area contributed by atoms with Gasteiger partial charge in [-0.3, -0.25) is 15.8 Å². The van der Waals surface area contributed by atoms with Crippen molar-refractivity contribution >= 4 is 15.9 Å². The summed E-state index contributed by atoms with van der Waals surface area (Å²) in [4.78, 5) is 7.98. The summed E-state index contributed by atoms with van der Waals surface area (Å²) in [5.74, 6) is 3.55. The van der Waals surface area contributed by atoms with Gasteiger partial charge >= 0.3 is 0 Å². The smallest absolute Gasteiger partial charge is 0.173 e. The summed E-state index contributed by atoms with van der Waals surface area (Å²) < 4.78 is 26.5. The molecule has 0 spiro atoms. The fraction of sp³-hybridized carbons (Fsp3) is 0.0909. The molecule has 0 radical (unpaired) electrons. The topological polar surface area (TPSA) is 63.8 Å². The first kappa shape index (κ1) is 13.0. The molecule has 0 aliphatic rings. The number of aromatic nitrogens is 2. The molecule has 1 aromatic carbocycles. The van der Waals surface area contributed by atoms with Gasteiger partial charge in [-0.25, -0.2) is 14.2 Å². The fourth-order valence-corrected chi connectivity index (χ4v) is 2.11. The molecule has 0 saturated carbocycles. The molecule has 0 aliphatic carbocycles. The summed E-state index contributed by atoms with van der Waals surface area (Å²) in [6, 6.07) is 1.89. The van der Waals surface area contributed by atoms with Crippen molar-refractivity contribution in [1.29, 1.82) is 0 Å². The summed E-state index contributed by atoms with van der Waals surface area (Å²) in [7, 11) is 0. The van der Waals surface area contributed by atoms with Crippen LogP contribution in [0.3, 0.4) is 0 Å². The van der Waals surface area contributed by atoms with Crippen LogP contribution in [-0.4, -0.2) is 9.97 Å². The van der Waals surface area contributed by atoms with Crippen LogP contribution in [-0.2, 0) is 0 Å². The molecule has 1 atom stereocenters. The van der Waals surface area contributed by atoms with Crippen LogP contribution in [0, 0.1) is 11.6 Å². The summed E-state index contributed by atoms with van der Waals surface area (Å²) in [5.41, 5.74) is 3.45. The molecule has 7 heteroatoms. The number of rotatable bonds is 3. The van der Waals surface area contributed by atoms with E-state index in [1.165, 1.54) is 24.7 Å². The molecule has 0 aliphatic heterocycles. The van der Waals surface area contributed by atoms with E-state index in [0.29, 0.717) is 11.3 Å². The number of nitrogens with one attached hydrogen (secondary N) is 1. The average Bonchev–Trinajstić information content (AvgIpc) is 2.41. The number of hydrogen-bond donors (Lipinski definition) is 2. The largest absolute Gasteiger partial charge is 0.271 e. The van der Waals surface area contributed by atoms with Gasteiger partial charge in [0.1, 0.15) is 0 Å². The zero-order valence-corrected chi connectivity index (χ0v) is 10.7. The molecule has 0 amide bonds. The molecule has 0 saturated heterocycles. The number of hydrazine groups is 1. The molecule has 1 aromatic heterocycles. The second kappa shape index (κ2) is 5.47. The van der Waals surface area contributed by atoms with Crippen LogP contribution in [0.5, 0.6) is 0 Å². The Morgan fingerprint density at radius 1 is 1.28 bits per heavy atom. The zero-order chi connectivity index (χ0) is 13.1. The standard InChI is InChI=1S/C11H9BrF2N4/c12-9-6(1-2-7(13)10(9)14)11(18-15)8-5-16-3-4-17-8/h1-5,11,18H,15H2. The van der Waals surface area contributed by atoms with Gasteiger partial charge in [0.15, 0.2) is 11.6 Å². The van der Waals surface area contributed by atoms with E-state index in [-0.39, 0.29) is 4.47 Å². The Hall–Kier alpha value is -1.44. The normalized spacial score (nSPS) is 12.4. The molecule has 2 aromatic rings. The highest BCUT2D eigenvalue weighted by atomic mass is 79.9. The van der Waals surface area contributed by atoms with Gasteiger partial charge in [-0.1, -0.05) is 6.07 Å². The lowest BCUT2D eigenvalue weighted by Crippen LogP contribution is -2.30. The third-order valence-corrected chi connectivity index (χ3v) is 3.23. The molecular formula is C11H9BrF2N4. The van der Waals surface area contributed by atoms with E-state index < -0.39 is 17.7 Å². The SMILES string of the molecule is NNC(c1cnccn1)c1ccc(F)c(F)c1Br. The van der Waals surface area contributed by atoms with E-state index in [4.69, 9.17) is 5.84 Å². The number of hydrogen-bond acceptors (Lipinski definition) is 4. The summed E-state index contributed by atoms with van der Waals surface area (Å²) in [6.07, 6.45) is 4.50. The minimum atomic E-state index is -0.961. The van der Waals surface area contributed by atoms with Crippen LogP contribution >= 0.6 is 15.9 Å². The average molecular weight is 315 g/mol. The monoisotopic (exact) mass is 314 g/mol. The van der Waals surface area contributed by atoms with E-state index in [0.717, 1.165) is 6.07 Å². The summed E-state index contributed by atoms with van der Waals surface area (Å²) in [6.45, 7) is 0. The fourth-order valence-electron chi connectivity index (χ4n) is 1.56. The third-order valence-electron chi connectivity index (χ3n) is 2.42. The Morgan fingerprint density at radius 3 is 2.67 bits per heavy atom. The molecule has 0 fully saturated rings. The van der Waals surface area contributed by atoms with Crippen molar-refractivity contribution in [3.05, 3.63) is 58.1 Å². The molecule has 18 heavy (non-hydrogen) atoms. The molecule has 94 valence electrons. The lowest BCUT2D eigenvalue weighted by Gasteiger charge is -2.17. The first-order valence-electron chi connectivity index (χ1n) is 5.00. The Morgan fingerprint density at radius 2 is 2.06 bits per heavy atom. The Kier molecular flexibility index (Phi) is 3.95. The van der Waals surface area contributed by atoms with Gasteiger partial charge in [0.05, 0.1) is 22.4 Å². The van der Waals surface area contributed by atoms with Crippen molar-refractivity contribution in [2.24, 2.45) is 5.84 Å². The maximum absolute atomic E-state index is 13.5. The molecule has 4 nitrogen and oxygen atoms in total. The van der Waals surface area contributed by atoms with Crippen LogP contribution in [0.25, 0.3) is 0 Å². The minimum Gasteiger partial charge on any atom is -0.271 e. The summed E-state index contributed by atoms with van der Waals surface area (Å²) in [5, 5.41) is 0. The highest BCUT2D eigenvalue weighted by Gasteiger charge is 2.20. The van der Waals surface area contributed by atoms with Gasteiger partial charge < -0.3 is 0 Å². The highest BCUT2D eigenvalue weighted by Crippen LogP contribution is 2.30. The van der Waals surface area contributed by atoms with Gasteiger partial charge in [-0.15, -0.1) is 0 Å². The van der Waals surface area contributed by atoms with Crippen LogP contribution in [0.1, 0.15) is 17.3 Å². The first-order chi connectivity index (χ1) is 8.65. The summed E-state index contributed by atoms with van der Waals surface area (Å²) >= 11 is 3.01.